The molecule has 1 aromatic carbocycles. The van der Waals surface area contributed by atoms with Crippen molar-refractivity contribution in [1.29, 1.82) is 0 Å². The summed E-state index contributed by atoms with van der Waals surface area (Å²) in [5.74, 6) is 1.61. The van der Waals surface area contributed by atoms with Crippen LogP contribution in [0, 0.1) is 6.92 Å². The van der Waals surface area contributed by atoms with Crippen molar-refractivity contribution < 1.29 is 0 Å². The molecular formula is C19H24N6. The zero-order valence-corrected chi connectivity index (χ0v) is 14.9. The lowest BCUT2D eigenvalue weighted by atomic mass is 10.1. The van der Waals surface area contributed by atoms with E-state index in [1.54, 1.807) is 4.68 Å². The summed E-state index contributed by atoms with van der Waals surface area (Å²) in [6.07, 6.45) is 4.46. The summed E-state index contributed by atoms with van der Waals surface area (Å²) < 4.78 is 1.79. The number of aryl methyl sites for hydroxylation is 2. The van der Waals surface area contributed by atoms with Gasteiger partial charge in [0.2, 0.25) is 0 Å². The summed E-state index contributed by atoms with van der Waals surface area (Å²) in [6.45, 7) is 6.12. The van der Waals surface area contributed by atoms with Gasteiger partial charge in [0, 0.05) is 20.1 Å². The number of hydrogen-bond donors (Lipinski definition) is 1. The monoisotopic (exact) mass is 336 g/mol. The van der Waals surface area contributed by atoms with E-state index >= 15 is 0 Å². The lowest BCUT2D eigenvalue weighted by Gasteiger charge is -2.18. The number of aromatic nitrogens is 4. The molecule has 0 bridgehead atoms. The van der Waals surface area contributed by atoms with Crippen LogP contribution in [0.15, 0.2) is 30.5 Å². The lowest BCUT2D eigenvalue weighted by molar-refractivity contribution is 0.330. The molecule has 6 heteroatoms. The van der Waals surface area contributed by atoms with E-state index in [1.807, 2.05) is 20.2 Å². The minimum Gasteiger partial charge on any atom is -0.365 e. The maximum atomic E-state index is 4.58. The highest BCUT2D eigenvalue weighted by Gasteiger charge is 2.14. The van der Waals surface area contributed by atoms with Gasteiger partial charge in [-0.3, -0.25) is 9.58 Å². The van der Waals surface area contributed by atoms with E-state index in [1.165, 1.54) is 37.1 Å². The van der Waals surface area contributed by atoms with Gasteiger partial charge in [-0.05, 0) is 44.0 Å². The second kappa shape index (κ2) is 6.80. The van der Waals surface area contributed by atoms with Gasteiger partial charge in [0.15, 0.2) is 5.65 Å². The molecule has 4 rings (SSSR count). The number of fused-ring (bicyclic) bond motifs is 1. The molecule has 1 N–H and O–H groups in total. The molecule has 1 fully saturated rings. The van der Waals surface area contributed by atoms with Crippen LogP contribution in [-0.2, 0) is 20.1 Å². The Morgan fingerprint density at radius 1 is 1.08 bits per heavy atom. The van der Waals surface area contributed by atoms with Crippen LogP contribution < -0.4 is 5.32 Å². The van der Waals surface area contributed by atoms with E-state index in [2.05, 4.69) is 49.5 Å². The van der Waals surface area contributed by atoms with Gasteiger partial charge in [-0.25, -0.2) is 9.97 Å². The number of rotatable bonds is 5. The Balaban J connectivity index is 1.56. The zero-order valence-electron chi connectivity index (χ0n) is 14.9. The molecule has 0 aliphatic carbocycles. The summed E-state index contributed by atoms with van der Waals surface area (Å²) in [7, 11) is 1.91. The van der Waals surface area contributed by atoms with Crippen molar-refractivity contribution >= 4 is 16.9 Å². The van der Waals surface area contributed by atoms with Crippen LogP contribution in [0.1, 0.15) is 29.8 Å². The molecule has 25 heavy (non-hydrogen) atoms. The van der Waals surface area contributed by atoms with Crippen LogP contribution in [0.5, 0.6) is 0 Å². The van der Waals surface area contributed by atoms with Crippen molar-refractivity contribution in [2.24, 2.45) is 7.05 Å². The van der Waals surface area contributed by atoms with E-state index in [9.17, 15) is 0 Å². The summed E-state index contributed by atoms with van der Waals surface area (Å²) in [6, 6.07) is 8.67. The molecule has 130 valence electrons. The number of nitrogens with one attached hydrogen (secondary N) is 1. The largest absolute Gasteiger partial charge is 0.365 e. The topological polar surface area (TPSA) is 58.9 Å². The van der Waals surface area contributed by atoms with Gasteiger partial charge in [0.1, 0.15) is 11.6 Å². The molecule has 0 amide bonds. The molecule has 0 atom stereocenters. The Hall–Kier alpha value is -2.47. The third-order valence-electron chi connectivity index (χ3n) is 4.86. The van der Waals surface area contributed by atoms with Gasteiger partial charge in [0.25, 0.3) is 0 Å². The van der Waals surface area contributed by atoms with Crippen LogP contribution in [0.4, 0.5) is 5.82 Å². The van der Waals surface area contributed by atoms with Crippen molar-refractivity contribution in [3.05, 3.63) is 47.4 Å². The number of anilines is 1. The van der Waals surface area contributed by atoms with Crippen molar-refractivity contribution in [2.75, 3.05) is 18.4 Å². The molecule has 0 unspecified atom stereocenters. The molecule has 3 heterocycles. The fourth-order valence-corrected chi connectivity index (χ4v) is 3.51. The van der Waals surface area contributed by atoms with E-state index < -0.39 is 0 Å². The van der Waals surface area contributed by atoms with Crippen molar-refractivity contribution in [1.82, 2.24) is 24.6 Å². The first-order valence-corrected chi connectivity index (χ1v) is 8.90. The molecular weight excluding hydrogens is 312 g/mol. The van der Waals surface area contributed by atoms with Gasteiger partial charge < -0.3 is 5.32 Å². The molecule has 1 aliphatic rings. The Morgan fingerprint density at radius 2 is 1.84 bits per heavy atom. The number of hydrogen-bond acceptors (Lipinski definition) is 5. The predicted octanol–water partition coefficient (Wildman–Crippen LogP) is 2.88. The summed E-state index contributed by atoms with van der Waals surface area (Å²) in [4.78, 5) is 11.6. The average Bonchev–Trinajstić information content (AvgIpc) is 3.24. The van der Waals surface area contributed by atoms with Gasteiger partial charge in [0.05, 0.1) is 11.6 Å². The van der Waals surface area contributed by atoms with Crippen molar-refractivity contribution in [3.8, 4) is 0 Å². The Labute approximate surface area is 147 Å². The SMILES string of the molecule is Cc1nc(NCc2ccccc2CN2CCCC2)c2cnn(C)c2n1. The standard InChI is InChI=1S/C19H24N6/c1-14-22-18(17-12-21-24(2)19(17)23-14)20-11-15-7-3-4-8-16(15)13-25-9-5-6-10-25/h3-4,7-8,12H,5-6,9-11,13H2,1-2H3,(H,20,22,23). The van der Waals surface area contributed by atoms with Gasteiger partial charge in [-0.2, -0.15) is 5.10 Å². The second-order valence-electron chi connectivity index (χ2n) is 6.73. The minimum absolute atomic E-state index is 0.754. The van der Waals surface area contributed by atoms with Crippen molar-refractivity contribution in [3.63, 3.8) is 0 Å². The molecule has 6 nitrogen and oxygen atoms in total. The Bertz CT molecular complexity index is 879. The van der Waals surface area contributed by atoms with Gasteiger partial charge in [-0.15, -0.1) is 0 Å². The first kappa shape index (κ1) is 16.0. The van der Waals surface area contributed by atoms with Crippen LogP contribution >= 0.6 is 0 Å². The summed E-state index contributed by atoms with van der Waals surface area (Å²) in [5, 5.41) is 8.77. The van der Waals surface area contributed by atoms with Crippen molar-refractivity contribution in [2.45, 2.75) is 32.9 Å². The zero-order chi connectivity index (χ0) is 17.2. The van der Waals surface area contributed by atoms with E-state index in [-0.39, 0.29) is 0 Å². The smallest absolute Gasteiger partial charge is 0.163 e. The van der Waals surface area contributed by atoms with E-state index in [0.717, 1.165) is 35.8 Å². The first-order valence-electron chi connectivity index (χ1n) is 8.90. The fraction of sp³-hybridized carbons (Fsp3) is 0.421. The quantitative estimate of drug-likeness (QED) is 0.776. The normalized spacial score (nSPS) is 15.1. The van der Waals surface area contributed by atoms with E-state index in [4.69, 9.17) is 0 Å². The van der Waals surface area contributed by atoms with Crippen LogP contribution in [-0.4, -0.2) is 37.7 Å². The molecule has 2 aromatic heterocycles. The summed E-state index contributed by atoms with van der Waals surface area (Å²) >= 11 is 0. The van der Waals surface area contributed by atoms with Crippen LogP contribution in [0.3, 0.4) is 0 Å². The van der Waals surface area contributed by atoms with Gasteiger partial charge in [-0.1, -0.05) is 24.3 Å². The fourth-order valence-electron chi connectivity index (χ4n) is 3.51. The highest BCUT2D eigenvalue weighted by atomic mass is 15.3. The van der Waals surface area contributed by atoms with Crippen LogP contribution in [0.25, 0.3) is 11.0 Å². The van der Waals surface area contributed by atoms with Gasteiger partial charge >= 0.3 is 0 Å². The third kappa shape index (κ3) is 3.35. The summed E-state index contributed by atoms with van der Waals surface area (Å²) in [5.41, 5.74) is 3.58. The minimum atomic E-state index is 0.754. The highest BCUT2D eigenvalue weighted by Crippen LogP contribution is 2.21. The second-order valence-corrected chi connectivity index (χ2v) is 6.73. The van der Waals surface area contributed by atoms with E-state index in [0.29, 0.717) is 0 Å². The lowest BCUT2D eigenvalue weighted by Crippen LogP contribution is -2.19. The Kier molecular flexibility index (Phi) is 4.36. The molecule has 1 saturated heterocycles. The number of benzene rings is 1. The molecule has 0 radical (unpaired) electrons. The number of nitrogens with zero attached hydrogens (tertiary/aromatic N) is 5. The third-order valence-corrected chi connectivity index (χ3v) is 4.86. The average molecular weight is 336 g/mol. The molecule has 3 aromatic rings. The Morgan fingerprint density at radius 3 is 2.64 bits per heavy atom. The highest BCUT2D eigenvalue weighted by molar-refractivity contribution is 5.86. The molecule has 1 aliphatic heterocycles. The van der Waals surface area contributed by atoms with Crippen LogP contribution in [0.2, 0.25) is 0 Å². The predicted molar refractivity (Wildman–Crippen MR) is 99.3 cm³/mol. The molecule has 0 spiro atoms. The maximum absolute atomic E-state index is 4.58. The maximum Gasteiger partial charge on any atom is 0.163 e. The molecule has 0 saturated carbocycles. The number of likely N-dealkylation sites (tertiary alicyclic amines) is 1. The first-order chi connectivity index (χ1) is 12.2.